The van der Waals surface area contributed by atoms with Crippen LogP contribution >= 0.6 is 11.6 Å². The smallest absolute Gasteiger partial charge is 0.242 e. The van der Waals surface area contributed by atoms with Crippen molar-refractivity contribution in [3.63, 3.8) is 0 Å². The Bertz CT molecular complexity index is 438. The monoisotopic (exact) mass is 283 g/mol. The Morgan fingerprint density at radius 3 is 3.05 bits per heavy atom. The van der Waals surface area contributed by atoms with Crippen molar-refractivity contribution in [2.45, 2.75) is 18.9 Å². The lowest BCUT2D eigenvalue weighted by Crippen LogP contribution is -2.46. The molecule has 1 amide bonds. The van der Waals surface area contributed by atoms with E-state index in [9.17, 15) is 9.90 Å². The second kappa shape index (κ2) is 6.21. The molecular formula is C13H18ClN3O2. The van der Waals surface area contributed by atoms with Gasteiger partial charge in [0.15, 0.2) is 0 Å². The normalized spacial score (nSPS) is 19.3. The van der Waals surface area contributed by atoms with Crippen molar-refractivity contribution < 1.29 is 9.90 Å². The number of rotatable bonds is 3. The number of anilines is 1. The number of aromatic nitrogens is 1. The fourth-order valence-electron chi connectivity index (χ4n) is 2.16. The Balaban J connectivity index is 1.92. The molecule has 0 radical (unpaired) electrons. The van der Waals surface area contributed by atoms with E-state index >= 15 is 0 Å². The van der Waals surface area contributed by atoms with Crippen LogP contribution < -0.4 is 4.90 Å². The van der Waals surface area contributed by atoms with E-state index in [1.54, 1.807) is 28.1 Å². The van der Waals surface area contributed by atoms with Crippen LogP contribution in [0, 0.1) is 0 Å². The number of likely N-dealkylation sites (N-methyl/N-ethyl adjacent to an activating group) is 1. The topological polar surface area (TPSA) is 56.7 Å². The molecule has 1 saturated heterocycles. The van der Waals surface area contributed by atoms with Crippen LogP contribution in [0.25, 0.3) is 0 Å². The summed E-state index contributed by atoms with van der Waals surface area (Å²) in [5.74, 6) is 0.716. The van der Waals surface area contributed by atoms with Crippen molar-refractivity contribution in [2.24, 2.45) is 0 Å². The van der Waals surface area contributed by atoms with Gasteiger partial charge in [0.2, 0.25) is 5.91 Å². The summed E-state index contributed by atoms with van der Waals surface area (Å²) in [5, 5.41) is 10.1. The van der Waals surface area contributed by atoms with Gasteiger partial charge >= 0.3 is 0 Å². The van der Waals surface area contributed by atoms with Gasteiger partial charge in [-0.3, -0.25) is 4.79 Å². The standard InChI is InChI=1S/C13H18ClN3O2/c1-16(12-5-4-10(14)7-15-12)9-13(19)17-6-2-3-11(18)8-17/h4-5,7,11,18H,2-3,6,8-9H2,1H3/t11-/m0/s1. The lowest BCUT2D eigenvalue weighted by Gasteiger charge is -2.31. The van der Waals surface area contributed by atoms with Gasteiger partial charge in [0.1, 0.15) is 5.82 Å². The van der Waals surface area contributed by atoms with Gasteiger partial charge in [0, 0.05) is 26.3 Å². The van der Waals surface area contributed by atoms with Crippen LogP contribution in [-0.4, -0.2) is 53.7 Å². The first-order valence-electron chi connectivity index (χ1n) is 6.35. The Morgan fingerprint density at radius 2 is 2.42 bits per heavy atom. The van der Waals surface area contributed by atoms with Gasteiger partial charge in [-0.05, 0) is 25.0 Å². The summed E-state index contributed by atoms with van der Waals surface area (Å²) in [5.41, 5.74) is 0. The van der Waals surface area contributed by atoms with Crippen molar-refractivity contribution >= 4 is 23.3 Å². The third-order valence-corrected chi connectivity index (χ3v) is 3.45. The van der Waals surface area contributed by atoms with Crippen molar-refractivity contribution in [1.29, 1.82) is 0 Å². The number of β-amino-alcohol motifs (C(OH)–C–C–N with tert-alkyl or cyclic N) is 1. The van der Waals surface area contributed by atoms with Crippen LogP contribution in [-0.2, 0) is 4.79 Å². The molecule has 5 nitrogen and oxygen atoms in total. The summed E-state index contributed by atoms with van der Waals surface area (Å²) in [6.45, 7) is 1.40. The van der Waals surface area contributed by atoms with E-state index in [4.69, 9.17) is 11.6 Å². The summed E-state index contributed by atoms with van der Waals surface area (Å²) in [7, 11) is 1.81. The number of hydrogen-bond acceptors (Lipinski definition) is 4. The van der Waals surface area contributed by atoms with E-state index in [0.29, 0.717) is 17.4 Å². The molecule has 0 unspecified atom stereocenters. The van der Waals surface area contributed by atoms with Crippen molar-refractivity contribution in [3.8, 4) is 0 Å². The molecule has 1 atom stereocenters. The van der Waals surface area contributed by atoms with Gasteiger partial charge in [0.25, 0.3) is 0 Å². The SMILES string of the molecule is CN(CC(=O)N1CCC[C@H](O)C1)c1ccc(Cl)cn1. The van der Waals surface area contributed by atoms with Crippen molar-refractivity contribution in [2.75, 3.05) is 31.6 Å². The van der Waals surface area contributed by atoms with E-state index in [2.05, 4.69) is 4.98 Å². The van der Waals surface area contributed by atoms with Crippen molar-refractivity contribution in [3.05, 3.63) is 23.4 Å². The molecule has 1 aromatic heterocycles. The number of carbonyl (C=O) groups excluding carboxylic acids is 1. The fourth-order valence-corrected chi connectivity index (χ4v) is 2.27. The minimum atomic E-state index is -0.392. The third-order valence-electron chi connectivity index (χ3n) is 3.22. The highest BCUT2D eigenvalue weighted by Crippen LogP contribution is 2.14. The summed E-state index contributed by atoms with van der Waals surface area (Å²) in [4.78, 5) is 19.8. The number of aliphatic hydroxyl groups excluding tert-OH is 1. The van der Waals surface area contributed by atoms with Gasteiger partial charge in [-0.25, -0.2) is 4.98 Å². The molecule has 1 N–H and O–H groups in total. The number of amides is 1. The molecule has 104 valence electrons. The molecule has 1 fully saturated rings. The van der Waals surface area contributed by atoms with Crippen LogP contribution in [0.15, 0.2) is 18.3 Å². The van der Waals surface area contributed by atoms with Crippen LogP contribution in [0.1, 0.15) is 12.8 Å². The van der Waals surface area contributed by atoms with E-state index < -0.39 is 6.10 Å². The molecule has 2 heterocycles. The average Bonchev–Trinajstić information content (AvgIpc) is 2.39. The first kappa shape index (κ1) is 14.1. The number of pyridine rings is 1. The maximum absolute atomic E-state index is 12.1. The fraction of sp³-hybridized carbons (Fsp3) is 0.538. The second-order valence-electron chi connectivity index (χ2n) is 4.83. The predicted octanol–water partition coefficient (Wildman–Crippen LogP) is 1.15. The molecule has 0 aliphatic carbocycles. The molecule has 19 heavy (non-hydrogen) atoms. The van der Waals surface area contributed by atoms with Gasteiger partial charge in [-0.2, -0.15) is 0 Å². The first-order valence-corrected chi connectivity index (χ1v) is 6.72. The summed E-state index contributed by atoms with van der Waals surface area (Å²) in [6.07, 6.45) is 2.80. The Labute approximate surface area is 117 Å². The highest BCUT2D eigenvalue weighted by molar-refractivity contribution is 6.30. The first-order chi connectivity index (χ1) is 9.06. The van der Waals surface area contributed by atoms with E-state index in [-0.39, 0.29) is 12.5 Å². The molecule has 1 aromatic rings. The number of aliphatic hydroxyl groups is 1. The molecular weight excluding hydrogens is 266 g/mol. The Morgan fingerprint density at radius 1 is 1.63 bits per heavy atom. The van der Waals surface area contributed by atoms with E-state index in [1.165, 1.54) is 0 Å². The number of nitrogens with zero attached hydrogens (tertiary/aromatic N) is 3. The number of carbonyl (C=O) groups is 1. The number of hydrogen-bond donors (Lipinski definition) is 1. The molecule has 1 aliphatic heterocycles. The number of piperidine rings is 1. The maximum atomic E-state index is 12.1. The molecule has 0 spiro atoms. The zero-order valence-corrected chi connectivity index (χ0v) is 11.7. The molecule has 6 heteroatoms. The summed E-state index contributed by atoms with van der Waals surface area (Å²) >= 11 is 5.78. The molecule has 0 bridgehead atoms. The number of halogens is 1. The third kappa shape index (κ3) is 3.81. The zero-order chi connectivity index (χ0) is 13.8. The molecule has 0 saturated carbocycles. The Kier molecular flexibility index (Phi) is 4.61. The van der Waals surface area contributed by atoms with Gasteiger partial charge < -0.3 is 14.9 Å². The minimum absolute atomic E-state index is 0.0120. The summed E-state index contributed by atoms with van der Waals surface area (Å²) in [6, 6.07) is 3.52. The highest BCUT2D eigenvalue weighted by atomic mass is 35.5. The lowest BCUT2D eigenvalue weighted by molar-refractivity contribution is -0.132. The van der Waals surface area contributed by atoms with E-state index in [1.807, 2.05) is 7.05 Å². The lowest BCUT2D eigenvalue weighted by atomic mass is 10.1. The predicted molar refractivity (Wildman–Crippen MR) is 74.3 cm³/mol. The van der Waals surface area contributed by atoms with Gasteiger partial charge in [0.05, 0.1) is 17.7 Å². The van der Waals surface area contributed by atoms with Crippen LogP contribution in [0.5, 0.6) is 0 Å². The molecule has 0 aromatic carbocycles. The number of likely N-dealkylation sites (tertiary alicyclic amines) is 1. The quantitative estimate of drug-likeness (QED) is 0.904. The van der Waals surface area contributed by atoms with Crippen molar-refractivity contribution in [1.82, 2.24) is 9.88 Å². The molecule has 1 aliphatic rings. The van der Waals surface area contributed by atoms with E-state index in [0.717, 1.165) is 19.4 Å². The maximum Gasteiger partial charge on any atom is 0.242 e. The zero-order valence-electron chi connectivity index (χ0n) is 10.9. The second-order valence-corrected chi connectivity index (χ2v) is 5.26. The largest absolute Gasteiger partial charge is 0.391 e. The Hall–Kier alpha value is -1.33. The highest BCUT2D eigenvalue weighted by Gasteiger charge is 2.22. The van der Waals surface area contributed by atoms with Crippen LogP contribution in [0.2, 0.25) is 5.02 Å². The van der Waals surface area contributed by atoms with Gasteiger partial charge in [-0.15, -0.1) is 0 Å². The minimum Gasteiger partial charge on any atom is -0.391 e. The van der Waals surface area contributed by atoms with Gasteiger partial charge in [-0.1, -0.05) is 11.6 Å². The summed E-state index contributed by atoms with van der Waals surface area (Å²) < 4.78 is 0. The van der Waals surface area contributed by atoms with Crippen LogP contribution in [0.4, 0.5) is 5.82 Å². The average molecular weight is 284 g/mol. The molecule has 2 rings (SSSR count). The van der Waals surface area contributed by atoms with Crippen LogP contribution in [0.3, 0.4) is 0 Å².